The number of nitrogens with two attached hydrogens (primary N) is 1. The Labute approximate surface area is 110 Å². The molecule has 1 aromatic rings. The maximum atomic E-state index is 5.99. The third-order valence-electron chi connectivity index (χ3n) is 4.11. The van der Waals surface area contributed by atoms with Crippen LogP contribution in [0.3, 0.4) is 0 Å². The van der Waals surface area contributed by atoms with E-state index in [1.807, 2.05) is 13.1 Å². The van der Waals surface area contributed by atoms with Crippen molar-refractivity contribution in [1.82, 2.24) is 9.88 Å². The largest absolute Gasteiger partial charge is 0.329 e. The minimum atomic E-state index is 0.323. The van der Waals surface area contributed by atoms with Crippen LogP contribution in [0.4, 0.5) is 0 Å². The molecule has 0 bridgehead atoms. The molecule has 100 valence electrons. The molecule has 1 heterocycles. The van der Waals surface area contributed by atoms with E-state index < -0.39 is 0 Å². The zero-order valence-corrected chi connectivity index (χ0v) is 11.6. The normalized spacial score (nSPS) is 17.8. The lowest BCUT2D eigenvalue weighted by atomic mass is 9.84. The Hall–Kier alpha value is -0.930. The van der Waals surface area contributed by atoms with Gasteiger partial charge in [0.05, 0.1) is 0 Å². The molecule has 1 aliphatic rings. The zero-order valence-electron chi connectivity index (χ0n) is 11.6. The van der Waals surface area contributed by atoms with Gasteiger partial charge >= 0.3 is 0 Å². The van der Waals surface area contributed by atoms with Gasteiger partial charge in [0.1, 0.15) is 0 Å². The molecule has 1 saturated carbocycles. The topological polar surface area (TPSA) is 42.1 Å². The van der Waals surface area contributed by atoms with E-state index in [1.165, 1.54) is 31.4 Å². The highest BCUT2D eigenvalue weighted by Gasteiger charge is 2.24. The van der Waals surface area contributed by atoms with Crippen LogP contribution >= 0.6 is 0 Å². The lowest BCUT2D eigenvalue weighted by molar-refractivity contribution is 0.141. The molecule has 3 nitrogen and oxygen atoms in total. The fraction of sp³-hybridized carbons (Fsp3) is 0.667. The van der Waals surface area contributed by atoms with Crippen LogP contribution in [0.25, 0.3) is 0 Å². The van der Waals surface area contributed by atoms with E-state index in [-0.39, 0.29) is 0 Å². The zero-order chi connectivity index (χ0) is 13.0. The van der Waals surface area contributed by atoms with Gasteiger partial charge in [-0.3, -0.25) is 9.88 Å². The van der Waals surface area contributed by atoms with E-state index in [1.54, 1.807) is 0 Å². The van der Waals surface area contributed by atoms with Gasteiger partial charge in [0.15, 0.2) is 0 Å². The number of aryl methyl sites for hydroxylation is 1. The first-order valence-corrected chi connectivity index (χ1v) is 7.11. The standard InChI is InChI=1S/C15H25N3/c1-3-18(11-13-5-4-6-13)15(9-16)14-8-7-12(2)17-10-14/h7-8,10,13,15H,3-6,9,11,16H2,1-2H3. The summed E-state index contributed by atoms with van der Waals surface area (Å²) in [5, 5.41) is 0. The Morgan fingerprint density at radius 1 is 1.44 bits per heavy atom. The number of nitrogens with zero attached hydrogens (tertiary/aromatic N) is 2. The molecule has 2 N–H and O–H groups in total. The molecule has 1 aliphatic carbocycles. The average molecular weight is 247 g/mol. The quantitative estimate of drug-likeness (QED) is 0.840. The molecule has 1 unspecified atom stereocenters. The van der Waals surface area contributed by atoms with Gasteiger partial charge in [-0.25, -0.2) is 0 Å². The lowest BCUT2D eigenvalue weighted by Gasteiger charge is -2.36. The van der Waals surface area contributed by atoms with E-state index in [4.69, 9.17) is 5.73 Å². The molecule has 3 heteroatoms. The predicted octanol–water partition coefficient (Wildman–Crippen LogP) is 2.51. The summed E-state index contributed by atoms with van der Waals surface area (Å²) in [7, 11) is 0. The second kappa shape index (κ2) is 6.30. The molecule has 0 radical (unpaired) electrons. The second-order valence-electron chi connectivity index (χ2n) is 5.37. The molecule has 0 saturated heterocycles. The number of aromatic nitrogens is 1. The number of hydrogen-bond acceptors (Lipinski definition) is 3. The van der Waals surface area contributed by atoms with Crippen molar-refractivity contribution in [2.24, 2.45) is 11.7 Å². The first-order chi connectivity index (χ1) is 8.74. The SMILES string of the molecule is CCN(CC1CCC1)C(CN)c1ccc(C)nc1. The first-order valence-electron chi connectivity index (χ1n) is 7.11. The van der Waals surface area contributed by atoms with Crippen LogP contribution in [0.2, 0.25) is 0 Å². The Kier molecular flexibility index (Phi) is 4.72. The molecular formula is C15H25N3. The molecule has 1 atom stereocenters. The molecule has 2 rings (SSSR count). The number of likely N-dealkylation sites (N-methyl/N-ethyl adjacent to an activating group) is 1. The molecule has 0 amide bonds. The first kappa shape index (κ1) is 13.5. The summed E-state index contributed by atoms with van der Waals surface area (Å²) in [4.78, 5) is 6.91. The van der Waals surface area contributed by atoms with E-state index >= 15 is 0 Å². The van der Waals surface area contributed by atoms with Gasteiger partial charge in [0.2, 0.25) is 0 Å². The van der Waals surface area contributed by atoms with Crippen LogP contribution in [-0.2, 0) is 0 Å². The number of pyridine rings is 1. The minimum Gasteiger partial charge on any atom is -0.329 e. The van der Waals surface area contributed by atoms with Crippen molar-refractivity contribution in [3.63, 3.8) is 0 Å². The van der Waals surface area contributed by atoms with Crippen molar-refractivity contribution in [2.45, 2.75) is 39.2 Å². The minimum absolute atomic E-state index is 0.323. The van der Waals surface area contributed by atoms with Crippen molar-refractivity contribution in [3.05, 3.63) is 29.6 Å². The summed E-state index contributed by atoms with van der Waals surface area (Å²) in [5.74, 6) is 0.886. The third kappa shape index (κ3) is 3.09. The van der Waals surface area contributed by atoms with Crippen LogP contribution in [0.5, 0.6) is 0 Å². The van der Waals surface area contributed by atoms with Crippen molar-refractivity contribution in [2.75, 3.05) is 19.6 Å². The molecule has 0 aromatic carbocycles. The van der Waals surface area contributed by atoms with E-state index in [0.717, 1.165) is 18.2 Å². The van der Waals surface area contributed by atoms with Gasteiger partial charge < -0.3 is 5.73 Å². The Balaban J connectivity index is 2.06. The molecule has 18 heavy (non-hydrogen) atoms. The van der Waals surface area contributed by atoms with Crippen LogP contribution in [0.15, 0.2) is 18.3 Å². The van der Waals surface area contributed by atoms with Gasteiger partial charge in [-0.2, -0.15) is 0 Å². The highest BCUT2D eigenvalue weighted by atomic mass is 15.2. The van der Waals surface area contributed by atoms with Crippen LogP contribution < -0.4 is 5.73 Å². The van der Waals surface area contributed by atoms with Crippen molar-refractivity contribution in [1.29, 1.82) is 0 Å². The molecule has 1 aromatic heterocycles. The summed E-state index contributed by atoms with van der Waals surface area (Å²) >= 11 is 0. The van der Waals surface area contributed by atoms with Crippen LogP contribution in [-0.4, -0.2) is 29.5 Å². The monoisotopic (exact) mass is 247 g/mol. The third-order valence-corrected chi connectivity index (χ3v) is 4.11. The number of hydrogen-bond donors (Lipinski definition) is 1. The van der Waals surface area contributed by atoms with Crippen LogP contribution in [0, 0.1) is 12.8 Å². The molecule has 0 aliphatic heterocycles. The van der Waals surface area contributed by atoms with Gasteiger partial charge in [-0.05, 0) is 43.9 Å². The summed E-state index contributed by atoms with van der Waals surface area (Å²) < 4.78 is 0. The lowest BCUT2D eigenvalue weighted by Crippen LogP contribution is -2.38. The molecule has 1 fully saturated rings. The highest BCUT2D eigenvalue weighted by Crippen LogP contribution is 2.30. The smallest absolute Gasteiger partial charge is 0.0485 e. The fourth-order valence-electron chi connectivity index (χ4n) is 2.66. The predicted molar refractivity (Wildman–Crippen MR) is 75.4 cm³/mol. The van der Waals surface area contributed by atoms with Gasteiger partial charge in [0.25, 0.3) is 0 Å². The Morgan fingerprint density at radius 3 is 2.67 bits per heavy atom. The van der Waals surface area contributed by atoms with Crippen molar-refractivity contribution in [3.8, 4) is 0 Å². The summed E-state index contributed by atoms with van der Waals surface area (Å²) in [5.41, 5.74) is 8.31. The van der Waals surface area contributed by atoms with E-state index in [9.17, 15) is 0 Å². The highest BCUT2D eigenvalue weighted by molar-refractivity contribution is 5.17. The van der Waals surface area contributed by atoms with E-state index in [0.29, 0.717) is 12.6 Å². The Morgan fingerprint density at radius 2 is 2.22 bits per heavy atom. The second-order valence-corrected chi connectivity index (χ2v) is 5.37. The average Bonchev–Trinajstić information content (AvgIpc) is 2.34. The fourth-order valence-corrected chi connectivity index (χ4v) is 2.66. The Bertz CT molecular complexity index is 357. The number of rotatable bonds is 6. The van der Waals surface area contributed by atoms with Gasteiger partial charge in [-0.1, -0.05) is 19.4 Å². The van der Waals surface area contributed by atoms with Gasteiger partial charge in [0, 0.05) is 31.0 Å². The van der Waals surface area contributed by atoms with Crippen molar-refractivity contribution < 1.29 is 0 Å². The summed E-state index contributed by atoms with van der Waals surface area (Å²) in [6.07, 6.45) is 6.16. The maximum absolute atomic E-state index is 5.99. The molecular weight excluding hydrogens is 222 g/mol. The van der Waals surface area contributed by atoms with Crippen LogP contribution in [0.1, 0.15) is 43.5 Å². The summed E-state index contributed by atoms with van der Waals surface area (Å²) in [6.45, 7) is 7.17. The maximum Gasteiger partial charge on any atom is 0.0485 e. The van der Waals surface area contributed by atoms with Gasteiger partial charge in [-0.15, -0.1) is 0 Å². The van der Waals surface area contributed by atoms with Crippen molar-refractivity contribution >= 4 is 0 Å². The molecule has 0 spiro atoms. The van der Waals surface area contributed by atoms with E-state index in [2.05, 4.69) is 28.9 Å². The summed E-state index contributed by atoms with van der Waals surface area (Å²) in [6, 6.07) is 4.57.